The van der Waals surface area contributed by atoms with E-state index in [-0.39, 0.29) is 22.6 Å². The van der Waals surface area contributed by atoms with Gasteiger partial charge in [0.05, 0.1) is 12.2 Å². The summed E-state index contributed by atoms with van der Waals surface area (Å²) in [5.74, 6) is -2.71. The maximum Gasteiger partial charge on any atom is 0.238 e. The van der Waals surface area contributed by atoms with Crippen LogP contribution < -0.4 is 5.43 Å². The molecule has 3 aromatic rings. The Hall–Kier alpha value is -3.35. The Balaban J connectivity index is 2.01. The highest BCUT2D eigenvalue weighted by atomic mass is 16.5. The Labute approximate surface area is 179 Å². The largest absolute Gasteiger partial charge is 0.508 e. The summed E-state index contributed by atoms with van der Waals surface area (Å²) in [4.78, 5) is 12.8. The van der Waals surface area contributed by atoms with Crippen LogP contribution in [-0.2, 0) is 4.74 Å². The fourth-order valence-electron chi connectivity index (χ4n) is 3.77. The van der Waals surface area contributed by atoms with Crippen LogP contribution in [0.4, 0.5) is 0 Å². The number of aromatic hydroxyl groups is 4. The summed E-state index contributed by atoms with van der Waals surface area (Å²) in [5, 5.41) is 80.2. The van der Waals surface area contributed by atoms with Crippen molar-refractivity contribution in [3.05, 3.63) is 46.1 Å². The lowest BCUT2D eigenvalue weighted by atomic mass is 9.89. The van der Waals surface area contributed by atoms with E-state index in [1.807, 2.05) is 0 Å². The quantitative estimate of drug-likeness (QED) is 0.264. The van der Waals surface area contributed by atoms with Gasteiger partial charge in [-0.15, -0.1) is 0 Å². The predicted molar refractivity (Wildman–Crippen MR) is 107 cm³/mol. The normalized spacial score (nSPS) is 25.8. The zero-order chi connectivity index (χ0) is 23.3. The first-order chi connectivity index (χ1) is 15.1. The third kappa shape index (κ3) is 3.32. The van der Waals surface area contributed by atoms with E-state index in [0.29, 0.717) is 0 Å². The van der Waals surface area contributed by atoms with Crippen molar-refractivity contribution in [2.75, 3.05) is 6.61 Å². The molecule has 2 heterocycles. The number of hydrogen-bond acceptors (Lipinski definition) is 11. The molecule has 4 rings (SSSR count). The molecule has 0 saturated carbocycles. The van der Waals surface area contributed by atoms with E-state index in [2.05, 4.69) is 0 Å². The molecular formula is C21H20O11. The number of hydrogen-bond donors (Lipinski definition) is 8. The van der Waals surface area contributed by atoms with Crippen molar-refractivity contribution >= 4 is 11.0 Å². The maximum atomic E-state index is 12.8. The summed E-state index contributed by atoms with van der Waals surface area (Å²) in [5.41, 5.74) is -1.70. The third-order valence-electron chi connectivity index (χ3n) is 5.44. The molecule has 1 aliphatic heterocycles. The fourth-order valence-corrected chi connectivity index (χ4v) is 3.77. The van der Waals surface area contributed by atoms with Crippen LogP contribution in [-0.4, -0.2) is 71.9 Å². The van der Waals surface area contributed by atoms with Gasteiger partial charge in [0.1, 0.15) is 53.2 Å². The Morgan fingerprint density at radius 2 is 1.53 bits per heavy atom. The lowest BCUT2D eigenvalue weighted by Gasteiger charge is -2.40. The molecule has 0 aliphatic carbocycles. The highest BCUT2D eigenvalue weighted by molar-refractivity contribution is 5.91. The molecule has 0 spiro atoms. The van der Waals surface area contributed by atoms with E-state index in [1.54, 1.807) is 0 Å². The minimum atomic E-state index is -1.82. The van der Waals surface area contributed by atoms with Crippen LogP contribution in [0.5, 0.6) is 23.0 Å². The van der Waals surface area contributed by atoms with Gasteiger partial charge in [0.2, 0.25) is 11.2 Å². The molecule has 1 fully saturated rings. The maximum absolute atomic E-state index is 12.8. The zero-order valence-corrected chi connectivity index (χ0v) is 16.3. The monoisotopic (exact) mass is 448 g/mol. The number of rotatable bonds is 3. The summed E-state index contributed by atoms with van der Waals surface area (Å²) in [6, 6.07) is 6.01. The van der Waals surface area contributed by atoms with E-state index >= 15 is 0 Å². The number of fused-ring (bicyclic) bond motifs is 1. The molecule has 170 valence electrons. The van der Waals surface area contributed by atoms with Gasteiger partial charge in [-0.05, 0) is 24.3 Å². The molecule has 32 heavy (non-hydrogen) atoms. The van der Waals surface area contributed by atoms with Gasteiger partial charge >= 0.3 is 0 Å². The Kier molecular flexibility index (Phi) is 5.44. The summed E-state index contributed by atoms with van der Waals surface area (Å²) >= 11 is 0. The SMILES string of the molecule is O=c1c(O)c(-c2ccc(O)cc2)oc2c([C@@H]3OC(CO)[C@H](O)C(O)[C@H]3O)c(O)cc(O)c12. The van der Waals surface area contributed by atoms with Crippen LogP contribution in [0.3, 0.4) is 0 Å². The Bertz CT molecular complexity index is 1220. The van der Waals surface area contributed by atoms with Crippen molar-refractivity contribution in [3.63, 3.8) is 0 Å². The van der Waals surface area contributed by atoms with Gasteiger partial charge in [0.15, 0.2) is 11.3 Å². The molecule has 1 aromatic heterocycles. The van der Waals surface area contributed by atoms with E-state index in [9.17, 15) is 45.6 Å². The fraction of sp³-hybridized carbons (Fsp3) is 0.286. The molecular weight excluding hydrogens is 428 g/mol. The number of ether oxygens (including phenoxy) is 1. The topological polar surface area (TPSA) is 201 Å². The van der Waals surface area contributed by atoms with E-state index in [0.717, 1.165) is 6.07 Å². The van der Waals surface area contributed by atoms with Crippen molar-refractivity contribution in [1.29, 1.82) is 0 Å². The van der Waals surface area contributed by atoms with Crippen LogP contribution in [0.2, 0.25) is 0 Å². The molecule has 0 bridgehead atoms. The smallest absolute Gasteiger partial charge is 0.238 e. The minimum absolute atomic E-state index is 0.0892. The number of aliphatic hydroxyl groups excluding tert-OH is 4. The van der Waals surface area contributed by atoms with Crippen molar-refractivity contribution < 1.29 is 50.0 Å². The lowest BCUT2D eigenvalue weighted by Crippen LogP contribution is -2.55. The van der Waals surface area contributed by atoms with Crippen LogP contribution in [0.1, 0.15) is 11.7 Å². The molecule has 1 aliphatic rings. The van der Waals surface area contributed by atoms with Gasteiger partial charge < -0.3 is 50.0 Å². The second-order valence-corrected chi connectivity index (χ2v) is 7.44. The van der Waals surface area contributed by atoms with Crippen LogP contribution in [0.15, 0.2) is 39.5 Å². The van der Waals surface area contributed by atoms with Crippen LogP contribution in [0.25, 0.3) is 22.3 Å². The average molecular weight is 448 g/mol. The second kappa shape index (κ2) is 7.97. The number of phenolic OH excluding ortho intramolecular Hbond substituents is 3. The summed E-state index contributed by atoms with van der Waals surface area (Å²) < 4.78 is 11.1. The number of benzene rings is 2. The number of phenols is 3. The van der Waals surface area contributed by atoms with Crippen LogP contribution in [0, 0.1) is 0 Å². The van der Waals surface area contributed by atoms with Gasteiger partial charge in [-0.1, -0.05) is 0 Å². The number of aliphatic hydroxyl groups is 4. The minimum Gasteiger partial charge on any atom is -0.508 e. The van der Waals surface area contributed by atoms with Gasteiger partial charge in [0, 0.05) is 11.6 Å². The highest BCUT2D eigenvalue weighted by Crippen LogP contribution is 2.44. The van der Waals surface area contributed by atoms with E-state index in [1.165, 1.54) is 24.3 Å². The first-order valence-corrected chi connectivity index (χ1v) is 9.50. The summed E-state index contributed by atoms with van der Waals surface area (Å²) in [6.45, 7) is -0.734. The van der Waals surface area contributed by atoms with Crippen molar-refractivity contribution in [3.8, 4) is 34.3 Å². The molecule has 5 atom stereocenters. The predicted octanol–water partition coefficient (Wildman–Crippen LogP) is -0.203. The summed E-state index contributed by atoms with van der Waals surface area (Å²) in [6.07, 6.45) is -8.17. The van der Waals surface area contributed by atoms with Crippen molar-refractivity contribution in [2.24, 2.45) is 0 Å². The summed E-state index contributed by atoms with van der Waals surface area (Å²) in [7, 11) is 0. The van der Waals surface area contributed by atoms with Crippen molar-refractivity contribution in [2.45, 2.75) is 30.5 Å². The van der Waals surface area contributed by atoms with Gasteiger partial charge in [-0.25, -0.2) is 0 Å². The van der Waals surface area contributed by atoms with Gasteiger partial charge in [-0.2, -0.15) is 0 Å². The first kappa shape index (κ1) is 21.9. The highest BCUT2D eigenvalue weighted by Gasteiger charge is 2.46. The van der Waals surface area contributed by atoms with Gasteiger partial charge in [-0.3, -0.25) is 4.79 Å². The molecule has 11 nitrogen and oxygen atoms in total. The Morgan fingerprint density at radius 1 is 0.875 bits per heavy atom. The molecule has 0 amide bonds. The standard InChI is InChI=1S/C21H20O11/c22-6-11-14(26)16(28)18(30)21(31-11)13-10(25)5-9(24)12-15(27)17(29)19(32-20(12)13)7-1-3-8(23)4-2-7/h1-5,11,14,16,18,21-26,28-30H,6H2/t11?,14-,16?,18+,21-/m0/s1. The first-order valence-electron chi connectivity index (χ1n) is 9.50. The van der Waals surface area contributed by atoms with Crippen molar-refractivity contribution in [1.82, 2.24) is 0 Å². The van der Waals surface area contributed by atoms with Crippen LogP contribution >= 0.6 is 0 Å². The average Bonchev–Trinajstić information content (AvgIpc) is 2.76. The second-order valence-electron chi connectivity index (χ2n) is 7.44. The van der Waals surface area contributed by atoms with Gasteiger partial charge in [0.25, 0.3) is 0 Å². The Morgan fingerprint density at radius 3 is 2.16 bits per heavy atom. The zero-order valence-electron chi connectivity index (χ0n) is 16.3. The molecule has 0 radical (unpaired) electrons. The van der Waals surface area contributed by atoms with E-state index < -0.39 is 70.8 Å². The molecule has 11 heteroatoms. The third-order valence-corrected chi connectivity index (χ3v) is 5.44. The molecule has 2 aromatic carbocycles. The lowest BCUT2D eigenvalue weighted by molar-refractivity contribution is -0.231. The molecule has 8 N–H and O–H groups in total. The van der Waals surface area contributed by atoms with E-state index in [4.69, 9.17) is 9.15 Å². The molecule has 1 saturated heterocycles. The molecule has 2 unspecified atom stereocenters.